The van der Waals surface area contributed by atoms with Gasteiger partial charge in [-0.15, -0.1) is 0 Å². The SMILES string of the molecule is [2H]c1c([2H])c([2H])c(-c2c([2H])c(Br)c([2H])c(-c3c([2H])c([2H])c([2H])c([2H])c3[2H])c2[2H])c([2H])c1[2H]. The third kappa shape index (κ3) is 2.77. The molecule has 0 radical (unpaired) electrons. The van der Waals surface area contributed by atoms with Crippen molar-refractivity contribution in [1.29, 1.82) is 0 Å². The summed E-state index contributed by atoms with van der Waals surface area (Å²) in [5.41, 5.74) is -1.76. The molecule has 0 aliphatic carbocycles. The van der Waals surface area contributed by atoms with Crippen molar-refractivity contribution >= 4 is 15.9 Å². The molecule has 0 spiro atoms. The van der Waals surface area contributed by atoms with E-state index in [0.29, 0.717) is 0 Å². The first-order valence-corrected chi connectivity index (χ1v) is 5.98. The van der Waals surface area contributed by atoms with Gasteiger partial charge in [0.15, 0.2) is 0 Å². The molecule has 0 nitrogen and oxygen atoms in total. The molecule has 0 bridgehead atoms. The molecule has 3 aromatic carbocycles. The minimum absolute atomic E-state index is 0.225. The van der Waals surface area contributed by atoms with E-state index in [1.165, 1.54) is 0 Å². The summed E-state index contributed by atoms with van der Waals surface area (Å²) in [6.07, 6.45) is 0. The highest BCUT2D eigenvalue weighted by Gasteiger charge is 2.03. The van der Waals surface area contributed by atoms with Gasteiger partial charge in [0.05, 0.1) is 17.8 Å². The maximum absolute atomic E-state index is 8.64. The summed E-state index contributed by atoms with van der Waals surface area (Å²) in [5.74, 6) is 0. The Kier molecular flexibility index (Phi) is 1.23. The van der Waals surface area contributed by atoms with E-state index in [2.05, 4.69) is 15.9 Å². The Morgan fingerprint density at radius 2 is 1.00 bits per heavy atom. The van der Waals surface area contributed by atoms with Crippen LogP contribution in [0.4, 0.5) is 0 Å². The lowest BCUT2D eigenvalue weighted by Crippen LogP contribution is -1.82. The van der Waals surface area contributed by atoms with Gasteiger partial charge in [0.2, 0.25) is 0 Å². The highest BCUT2D eigenvalue weighted by Crippen LogP contribution is 2.30. The van der Waals surface area contributed by atoms with Gasteiger partial charge in [0.25, 0.3) is 0 Å². The maximum Gasteiger partial charge on any atom is 0.0641 e. The fourth-order valence-corrected chi connectivity index (χ4v) is 1.83. The molecule has 0 heterocycles. The number of benzene rings is 3. The maximum atomic E-state index is 8.64. The summed E-state index contributed by atoms with van der Waals surface area (Å²) in [6, 6.07) is -8.43. The van der Waals surface area contributed by atoms with Crippen LogP contribution in [0.3, 0.4) is 0 Å². The van der Waals surface area contributed by atoms with E-state index < -0.39 is 101 Å². The van der Waals surface area contributed by atoms with E-state index in [1.54, 1.807) is 0 Å². The first-order chi connectivity index (χ1) is 14.7. The van der Waals surface area contributed by atoms with Gasteiger partial charge in [-0.2, -0.15) is 0 Å². The Hall–Kier alpha value is -1.86. The lowest BCUT2D eigenvalue weighted by molar-refractivity contribution is 1.56. The summed E-state index contributed by atoms with van der Waals surface area (Å²) >= 11 is 3.05. The molecular formula is C18H13Br. The summed E-state index contributed by atoms with van der Waals surface area (Å²) in [5, 5.41) is 0. The van der Waals surface area contributed by atoms with E-state index in [-0.39, 0.29) is 4.47 Å². The van der Waals surface area contributed by atoms with Crippen LogP contribution in [0.15, 0.2) is 83.0 Å². The predicted molar refractivity (Wildman–Crippen MR) is 85.0 cm³/mol. The molecule has 0 amide bonds. The second kappa shape index (κ2) is 5.41. The Morgan fingerprint density at radius 1 is 0.579 bits per heavy atom. The summed E-state index contributed by atoms with van der Waals surface area (Å²) in [7, 11) is 0. The van der Waals surface area contributed by atoms with E-state index in [9.17, 15) is 0 Å². The van der Waals surface area contributed by atoms with E-state index in [0.717, 1.165) is 0 Å². The van der Waals surface area contributed by atoms with Crippen molar-refractivity contribution in [3.8, 4) is 22.3 Å². The molecular weight excluding hydrogens is 296 g/mol. The molecule has 0 unspecified atom stereocenters. The van der Waals surface area contributed by atoms with Crippen LogP contribution in [0.2, 0.25) is 0 Å². The molecule has 1 heteroatoms. The second-order valence-corrected chi connectivity index (χ2v) is 4.23. The summed E-state index contributed by atoms with van der Waals surface area (Å²) in [4.78, 5) is 0. The average molecular weight is 322 g/mol. The Morgan fingerprint density at radius 3 is 1.42 bits per heavy atom. The Balaban J connectivity index is 2.59. The van der Waals surface area contributed by atoms with Crippen LogP contribution in [0, 0.1) is 0 Å². The summed E-state index contributed by atoms with van der Waals surface area (Å²) < 4.78 is 105. The fraction of sp³-hybridized carbons (Fsp3) is 0. The zero-order valence-electron chi connectivity index (χ0n) is 22.4. The predicted octanol–water partition coefficient (Wildman–Crippen LogP) is 5.78. The molecule has 0 fully saturated rings. The minimum Gasteiger partial charge on any atom is -0.0622 e. The molecule has 0 aromatic heterocycles. The molecule has 0 aliphatic heterocycles. The molecule has 3 rings (SSSR count). The van der Waals surface area contributed by atoms with Gasteiger partial charge in [-0.1, -0.05) is 76.4 Å². The zero-order valence-corrected chi connectivity index (χ0v) is 11.0. The van der Waals surface area contributed by atoms with Crippen molar-refractivity contribution in [3.05, 3.63) is 83.0 Å². The van der Waals surface area contributed by atoms with Crippen molar-refractivity contribution in [1.82, 2.24) is 0 Å². The van der Waals surface area contributed by atoms with Crippen LogP contribution in [-0.2, 0) is 0 Å². The molecule has 92 valence electrons. The van der Waals surface area contributed by atoms with E-state index >= 15 is 0 Å². The van der Waals surface area contributed by atoms with Crippen molar-refractivity contribution < 1.29 is 17.8 Å². The van der Waals surface area contributed by atoms with Crippen LogP contribution in [0.5, 0.6) is 0 Å². The second-order valence-electron chi connectivity index (χ2n) is 3.44. The number of halogens is 1. The molecule has 0 saturated carbocycles. The zero-order chi connectivity index (χ0) is 24.4. The minimum atomic E-state index is -0.685. The first kappa shape index (κ1) is 4.32. The van der Waals surface area contributed by atoms with Crippen LogP contribution < -0.4 is 0 Å². The molecule has 19 heavy (non-hydrogen) atoms. The molecule has 0 N–H and O–H groups in total. The van der Waals surface area contributed by atoms with E-state index in [1.807, 2.05) is 0 Å². The van der Waals surface area contributed by atoms with Gasteiger partial charge in [-0.05, 0) is 40.4 Å². The number of hydrogen-bond donors (Lipinski definition) is 0. The normalized spacial score (nSPS) is 19.9. The topological polar surface area (TPSA) is 0 Å². The lowest BCUT2D eigenvalue weighted by atomic mass is 9.99. The lowest BCUT2D eigenvalue weighted by Gasteiger charge is -2.07. The van der Waals surface area contributed by atoms with Gasteiger partial charge < -0.3 is 0 Å². The smallest absolute Gasteiger partial charge is 0.0622 e. The van der Waals surface area contributed by atoms with E-state index in [4.69, 9.17) is 17.8 Å². The van der Waals surface area contributed by atoms with Crippen molar-refractivity contribution in [2.75, 3.05) is 0 Å². The van der Waals surface area contributed by atoms with Crippen LogP contribution in [-0.4, -0.2) is 0 Å². The Labute approximate surface area is 140 Å². The standard InChI is InChI=1S/C18H13Br/c19-18-12-16(14-7-3-1-4-8-14)11-17(13-18)15-9-5-2-6-10-15/h1-13H/i1D,2D,3D,4D,5D,6D,7D,8D,9D,10D,11D,12D,13D. The summed E-state index contributed by atoms with van der Waals surface area (Å²) in [6.45, 7) is 0. The van der Waals surface area contributed by atoms with Crippen molar-refractivity contribution in [2.24, 2.45) is 0 Å². The number of rotatable bonds is 2. The molecule has 0 atom stereocenters. The van der Waals surface area contributed by atoms with Crippen LogP contribution in [0.1, 0.15) is 17.8 Å². The first-order valence-electron chi connectivity index (χ1n) is 11.7. The molecule has 0 saturated heterocycles. The quantitative estimate of drug-likeness (QED) is 0.561. The van der Waals surface area contributed by atoms with Crippen LogP contribution in [0.25, 0.3) is 22.3 Å². The average Bonchev–Trinajstić information content (AvgIpc) is 2.76. The molecule has 0 aliphatic rings. The van der Waals surface area contributed by atoms with Gasteiger partial charge in [0.1, 0.15) is 0 Å². The van der Waals surface area contributed by atoms with Gasteiger partial charge in [-0.3, -0.25) is 0 Å². The third-order valence-corrected chi connectivity index (χ3v) is 2.62. The highest BCUT2D eigenvalue weighted by molar-refractivity contribution is 9.10. The fourth-order valence-electron chi connectivity index (χ4n) is 1.44. The van der Waals surface area contributed by atoms with Gasteiger partial charge in [-0.25, -0.2) is 0 Å². The van der Waals surface area contributed by atoms with Gasteiger partial charge >= 0.3 is 0 Å². The molecule has 3 aromatic rings. The number of hydrogen-bond acceptors (Lipinski definition) is 0. The Bertz CT molecular complexity index is 1160. The van der Waals surface area contributed by atoms with Crippen molar-refractivity contribution in [2.45, 2.75) is 0 Å². The third-order valence-electron chi connectivity index (χ3n) is 2.22. The monoisotopic (exact) mass is 321 g/mol. The largest absolute Gasteiger partial charge is 0.0641 e. The van der Waals surface area contributed by atoms with Crippen LogP contribution >= 0.6 is 15.9 Å². The van der Waals surface area contributed by atoms with Crippen molar-refractivity contribution in [3.63, 3.8) is 0 Å². The van der Waals surface area contributed by atoms with Gasteiger partial charge in [0, 0.05) is 4.47 Å². The highest BCUT2D eigenvalue weighted by atomic mass is 79.9.